The lowest BCUT2D eigenvalue weighted by atomic mass is 10.0. The largest absolute Gasteiger partial charge is 0.287 e. The second-order valence-electron chi connectivity index (χ2n) is 7.73. The van der Waals surface area contributed by atoms with E-state index in [9.17, 15) is 8.78 Å². The molecule has 8 heteroatoms. The van der Waals surface area contributed by atoms with Crippen LogP contribution in [-0.2, 0) is 6.54 Å². The van der Waals surface area contributed by atoms with E-state index in [2.05, 4.69) is 20.3 Å². The number of hydrogen-bond donors (Lipinski definition) is 0. The van der Waals surface area contributed by atoms with Crippen LogP contribution < -0.4 is 0 Å². The molecule has 0 N–H and O–H groups in total. The van der Waals surface area contributed by atoms with Crippen molar-refractivity contribution in [1.29, 1.82) is 0 Å². The summed E-state index contributed by atoms with van der Waals surface area (Å²) in [7, 11) is 0. The Labute approximate surface area is 166 Å². The highest BCUT2D eigenvalue weighted by atomic mass is 19.1. The molecule has 1 saturated carbocycles. The zero-order valence-corrected chi connectivity index (χ0v) is 16.0. The van der Waals surface area contributed by atoms with Gasteiger partial charge in [-0.25, -0.2) is 8.78 Å². The fourth-order valence-electron chi connectivity index (χ4n) is 4.09. The second kappa shape index (κ2) is 6.72. The predicted molar refractivity (Wildman–Crippen MR) is 104 cm³/mol. The van der Waals surface area contributed by atoms with Crippen LogP contribution in [0.4, 0.5) is 8.78 Å². The molecule has 1 aliphatic carbocycles. The van der Waals surface area contributed by atoms with E-state index in [0.717, 1.165) is 24.2 Å². The minimum Gasteiger partial charge on any atom is -0.287 e. The van der Waals surface area contributed by atoms with E-state index < -0.39 is 11.5 Å². The van der Waals surface area contributed by atoms with E-state index in [1.807, 2.05) is 29.7 Å². The molecule has 0 aliphatic heterocycles. The highest BCUT2D eigenvalue weighted by Gasteiger charge is 2.34. The summed E-state index contributed by atoms with van der Waals surface area (Å²) in [4.78, 5) is 4.32. The van der Waals surface area contributed by atoms with Crippen LogP contribution in [0.5, 0.6) is 0 Å². The van der Waals surface area contributed by atoms with Crippen molar-refractivity contribution in [3.8, 4) is 22.4 Å². The van der Waals surface area contributed by atoms with Crippen molar-refractivity contribution in [2.75, 3.05) is 0 Å². The van der Waals surface area contributed by atoms with Gasteiger partial charge in [-0.3, -0.25) is 14.1 Å². The van der Waals surface area contributed by atoms with E-state index in [4.69, 9.17) is 0 Å². The molecule has 1 fully saturated rings. The Morgan fingerprint density at radius 1 is 1.10 bits per heavy atom. The molecule has 0 atom stereocenters. The van der Waals surface area contributed by atoms with Gasteiger partial charge in [0.05, 0.1) is 24.6 Å². The summed E-state index contributed by atoms with van der Waals surface area (Å²) in [6.07, 6.45) is 9.40. The van der Waals surface area contributed by atoms with Crippen LogP contribution in [-0.4, -0.2) is 35.0 Å². The highest BCUT2D eigenvalue weighted by molar-refractivity contribution is 5.81. The number of halogens is 2. The first-order valence-corrected chi connectivity index (χ1v) is 9.70. The fourth-order valence-corrected chi connectivity index (χ4v) is 4.09. The number of fused-ring (bicyclic) bond motifs is 1. The molecule has 148 valence electrons. The molecule has 0 aromatic carbocycles. The summed E-state index contributed by atoms with van der Waals surface area (Å²) in [5, 5.41) is 12.5. The van der Waals surface area contributed by atoms with Crippen LogP contribution >= 0.6 is 0 Å². The first kappa shape index (κ1) is 17.9. The van der Waals surface area contributed by atoms with Gasteiger partial charge in [0.15, 0.2) is 5.65 Å². The minimum atomic E-state index is -1.21. The van der Waals surface area contributed by atoms with Gasteiger partial charge < -0.3 is 0 Å². The molecule has 0 radical (unpaired) electrons. The van der Waals surface area contributed by atoms with E-state index >= 15 is 0 Å². The lowest BCUT2D eigenvalue weighted by Gasteiger charge is -2.18. The van der Waals surface area contributed by atoms with Gasteiger partial charge in [-0.15, -0.1) is 10.2 Å². The van der Waals surface area contributed by atoms with Crippen LogP contribution in [0.2, 0.25) is 0 Å². The van der Waals surface area contributed by atoms with Crippen LogP contribution in [0.25, 0.3) is 28.0 Å². The van der Waals surface area contributed by atoms with Crippen LogP contribution in [0.1, 0.15) is 31.5 Å². The Hall–Kier alpha value is -3.16. The number of aromatic nitrogens is 6. The van der Waals surface area contributed by atoms with Crippen molar-refractivity contribution in [2.24, 2.45) is 0 Å². The summed E-state index contributed by atoms with van der Waals surface area (Å²) in [5.74, 6) is 0.348. The maximum atomic E-state index is 14.8. The number of aryl methyl sites for hydroxylation is 1. The number of rotatable bonds is 4. The van der Waals surface area contributed by atoms with Gasteiger partial charge in [0, 0.05) is 29.1 Å². The maximum absolute atomic E-state index is 14.8. The van der Waals surface area contributed by atoms with Crippen molar-refractivity contribution < 1.29 is 8.78 Å². The van der Waals surface area contributed by atoms with Crippen molar-refractivity contribution in [3.63, 3.8) is 0 Å². The molecule has 5 rings (SSSR count). The lowest BCUT2D eigenvalue weighted by Crippen LogP contribution is -2.25. The van der Waals surface area contributed by atoms with E-state index in [0.29, 0.717) is 35.3 Å². The summed E-state index contributed by atoms with van der Waals surface area (Å²) in [6.45, 7) is 2.09. The Morgan fingerprint density at radius 3 is 2.76 bits per heavy atom. The summed E-state index contributed by atoms with van der Waals surface area (Å²) < 4.78 is 32.3. The first-order valence-electron chi connectivity index (χ1n) is 9.70. The first-order chi connectivity index (χ1) is 14.0. The van der Waals surface area contributed by atoms with Crippen LogP contribution in [0.3, 0.4) is 0 Å². The SMILES string of the molecule is Cc1nnc2cc(-c3ncc(F)cc3-c3cnn(CC4(F)CCCC4)c3)ccn12. The number of alkyl halides is 1. The normalized spacial score (nSPS) is 16.0. The molecule has 29 heavy (non-hydrogen) atoms. The smallest absolute Gasteiger partial charge is 0.161 e. The highest BCUT2D eigenvalue weighted by Crippen LogP contribution is 2.36. The van der Waals surface area contributed by atoms with Gasteiger partial charge in [-0.1, -0.05) is 12.8 Å². The third-order valence-corrected chi connectivity index (χ3v) is 5.60. The maximum Gasteiger partial charge on any atom is 0.161 e. The second-order valence-corrected chi connectivity index (χ2v) is 7.73. The van der Waals surface area contributed by atoms with Crippen molar-refractivity contribution in [2.45, 2.75) is 44.8 Å². The molecule has 4 aromatic heterocycles. The van der Waals surface area contributed by atoms with Gasteiger partial charge in [-0.05, 0) is 38.0 Å². The molecule has 4 heterocycles. The van der Waals surface area contributed by atoms with E-state index in [1.54, 1.807) is 17.1 Å². The van der Waals surface area contributed by atoms with E-state index in [1.165, 1.54) is 12.3 Å². The molecular weight excluding hydrogens is 374 g/mol. The Balaban J connectivity index is 1.54. The molecule has 1 aliphatic rings. The number of nitrogens with zero attached hydrogens (tertiary/aromatic N) is 6. The molecular formula is C21H20F2N6. The Bertz CT molecular complexity index is 1190. The predicted octanol–water partition coefficient (Wildman–Crippen LogP) is 4.38. The van der Waals surface area contributed by atoms with Crippen molar-refractivity contribution in [1.82, 2.24) is 29.4 Å². The zero-order valence-electron chi connectivity index (χ0n) is 16.0. The number of hydrogen-bond acceptors (Lipinski definition) is 4. The summed E-state index contributed by atoms with van der Waals surface area (Å²) >= 11 is 0. The quantitative estimate of drug-likeness (QED) is 0.515. The van der Waals surface area contributed by atoms with Crippen LogP contribution in [0.15, 0.2) is 43.0 Å². The molecule has 6 nitrogen and oxygen atoms in total. The molecule has 0 unspecified atom stereocenters. The molecule has 0 bridgehead atoms. The molecule has 0 saturated heterocycles. The lowest BCUT2D eigenvalue weighted by molar-refractivity contribution is 0.139. The summed E-state index contributed by atoms with van der Waals surface area (Å²) in [6, 6.07) is 5.19. The van der Waals surface area contributed by atoms with Crippen molar-refractivity contribution in [3.05, 3.63) is 54.6 Å². The van der Waals surface area contributed by atoms with E-state index in [-0.39, 0.29) is 6.54 Å². The van der Waals surface area contributed by atoms with Gasteiger partial charge in [-0.2, -0.15) is 5.10 Å². The molecule has 0 spiro atoms. The average Bonchev–Trinajstić information content (AvgIpc) is 3.43. The van der Waals surface area contributed by atoms with Crippen molar-refractivity contribution >= 4 is 5.65 Å². The molecule has 4 aromatic rings. The zero-order chi connectivity index (χ0) is 20.0. The Morgan fingerprint density at radius 2 is 1.93 bits per heavy atom. The number of pyridine rings is 2. The topological polar surface area (TPSA) is 60.9 Å². The molecule has 0 amide bonds. The average molecular weight is 394 g/mol. The van der Waals surface area contributed by atoms with Crippen LogP contribution in [0, 0.1) is 12.7 Å². The summed E-state index contributed by atoms with van der Waals surface area (Å²) in [5.41, 5.74) is 2.20. The van der Waals surface area contributed by atoms with Gasteiger partial charge in [0.2, 0.25) is 0 Å². The third kappa shape index (κ3) is 3.28. The van der Waals surface area contributed by atoms with Gasteiger partial charge in [0.25, 0.3) is 0 Å². The minimum absolute atomic E-state index is 0.218. The standard InChI is InChI=1S/C21H20F2N6/c1-14-26-27-19-8-15(4-7-29(14)19)20-18(9-17(22)11-24-20)16-10-25-28(12-16)13-21(23)5-2-3-6-21/h4,7-12H,2-3,5-6,13H2,1H3. The third-order valence-electron chi connectivity index (χ3n) is 5.60. The monoisotopic (exact) mass is 394 g/mol. The van der Waals surface area contributed by atoms with Gasteiger partial charge >= 0.3 is 0 Å². The van der Waals surface area contributed by atoms with Gasteiger partial charge in [0.1, 0.15) is 17.3 Å². The Kier molecular flexibility index (Phi) is 4.15. The fraction of sp³-hybridized carbons (Fsp3) is 0.333.